The van der Waals surface area contributed by atoms with Crippen molar-refractivity contribution in [3.63, 3.8) is 0 Å². The second-order valence-electron chi connectivity index (χ2n) is 5.26. The molecule has 1 aromatic carbocycles. The van der Waals surface area contributed by atoms with E-state index >= 15 is 0 Å². The standard InChI is InChI=1S/C13H18N4OSi/c1-18-11-7-5-10(6-8-11)14-9-12-13(16-17-15-12)19(2,3)4/h5-9H,1-4H3,(H,15,16,17). The molecule has 0 amide bonds. The number of benzene rings is 1. The van der Waals surface area contributed by atoms with Crippen LogP contribution in [-0.4, -0.2) is 36.8 Å². The van der Waals surface area contributed by atoms with Crippen LogP contribution in [-0.2, 0) is 0 Å². The van der Waals surface area contributed by atoms with Gasteiger partial charge in [-0.05, 0) is 24.3 Å². The molecule has 0 atom stereocenters. The van der Waals surface area contributed by atoms with Crippen LogP contribution in [0.25, 0.3) is 0 Å². The third-order valence-electron chi connectivity index (χ3n) is 2.69. The molecule has 0 bridgehead atoms. The molecule has 0 aliphatic rings. The van der Waals surface area contributed by atoms with Crippen LogP contribution in [0.15, 0.2) is 29.3 Å². The summed E-state index contributed by atoms with van der Waals surface area (Å²) in [6.07, 6.45) is 1.76. The Bertz CT molecular complexity index is 569. The zero-order valence-electron chi connectivity index (χ0n) is 11.6. The average molecular weight is 274 g/mol. The number of hydrogen-bond acceptors (Lipinski definition) is 4. The van der Waals surface area contributed by atoms with Crippen molar-refractivity contribution in [2.24, 2.45) is 4.99 Å². The zero-order valence-corrected chi connectivity index (χ0v) is 12.6. The molecule has 1 N–H and O–H groups in total. The molecule has 0 spiro atoms. The molecule has 0 fully saturated rings. The lowest BCUT2D eigenvalue weighted by Gasteiger charge is -2.11. The van der Waals surface area contributed by atoms with Crippen molar-refractivity contribution in [3.05, 3.63) is 30.0 Å². The maximum absolute atomic E-state index is 5.11. The Hall–Kier alpha value is -1.95. The van der Waals surface area contributed by atoms with Gasteiger partial charge in [-0.2, -0.15) is 15.4 Å². The molecular weight excluding hydrogens is 256 g/mol. The normalized spacial score (nSPS) is 12.0. The average Bonchev–Trinajstić information content (AvgIpc) is 2.85. The van der Waals surface area contributed by atoms with Crippen LogP contribution < -0.4 is 10.1 Å². The molecule has 0 aliphatic heterocycles. The van der Waals surface area contributed by atoms with E-state index in [0.717, 1.165) is 22.4 Å². The van der Waals surface area contributed by atoms with E-state index in [2.05, 4.69) is 40.0 Å². The van der Waals surface area contributed by atoms with Gasteiger partial charge in [-0.3, -0.25) is 4.99 Å². The van der Waals surface area contributed by atoms with E-state index in [1.807, 2.05) is 24.3 Å². The van der Waals surface area contributed by atoms with Crippen LogP contribution in [0.5, 0.6) is 5.75 Å². The molecule has 1 aromatic heterocycles. The SMILES string of the molecule is COc1ccc(N=Cc2n[nH]nc2[Si](C)(C)C)cc1. The Kier molecular flexibility index (Phi) is 3.80. The van der Waals surface area contributed by atoms with Gasteiger partial charge in [0.05, 0.1) is 24.3 Å². The van der Waals surface area contributed by atoms with Crippen molar-refractivity contribution in [2.45, 2.75) is 19.6 Å². The van der Waals surface area contributed by atoms with E-state index in [1.165, 1.54) is 0 Å². The lowest BCUT2D eigenvalue weighted by Crippen LogP contribution is -2.41. The molecule has 5 nitrogen and oxygen atoms in total. The van der Waals surface area contributed by atoms with Gasteiger partial charge in [0.15, 0.2) is 0 Å². The molecule has 0 saturated carbocycles. The number of hydrogen-bond donors (Lipinski definition) is 1. The van der Waals surface area contributed by atoms with E-state index in [0.29, 0.717) is 0 Å². The molecule has 100 valence electrons. The molecule has 0 saturated heterocycles. The molecule has 2 aromatic rings. The number of aliphatic imine (C=N–C) groups is 1. The van der Waals surface area contributed by atoms with Gasteiger partial charge in [0.1, 0.15) is 19.5 Å². The topological polar surface area (TPSA) is 63.2 Å². The third-order valence-corrected chi connectivity index (χ3v) is 4.48. The maximum atomic E-state index is 5.11. The largest absolute Gasteiger partial charge is 0.497 e. The zero-order chi connectivity index (χ0) is 13.9. The summed E-state index contributed by atoms with van der Waals surface area (Å²) in [6, 6.07) is 7.58. The first-order chi connectivity index (χ1) is 9.00. The minimum atomic E-state index is -1.49. The van der Waals surface area contributed by atoms with E-state index in [4.69, 9.17) is 4.74 Å². The molecule has 1 heterocycles. The number of nitrogens with one attached hydrogen (secondary N) is 1. The maximum Gasteiger partial charge on any atom is 0.122 e. The van der Waals surface area contributed by atoms with Crippen LogP contribution in [0.4, 0.5) is 5.69 Å². The number of aromatic amines is 1. The molecule has 6 heteroatoms. The van der Waals surface area contributed by atoms with E-state index in [9.17, 15) is 0 Å². The third kappa shape index (κ3) is 3.28. The van der Waals surface area contributed by atoms with Gasteiger partial charge in [0, 0.05) is 0 Å². The summed E-state index contributed by atoms with van der Waals surface area (Å²) in [5.74, 6) is 0.822. The van der Waals surface area contributed by atoms with E-state index < -0.39 is 8.07 Å². The Morgan fingerprint density at radius 1 is 1.16 bits per heavy atom. The summed E-state index contributed by atoms with van der Waals surface area (Å²) in [5.41, 5.74) is 1.69. The first-order valence-corrected chi connectivity index (χ1v) is 9.60. The summed E-state index contributed by atoms with van der Waals surface area (Å²) >= 11 is 0. The Morgan fingerprint density at radius 3 is 2.42 bits per heavy atom. The van der Waals surface area contributed by atoms with Crippen molar-refractivity contribution < 1.29 is 4.74 Å². The Labute approximate surface area is 113 Å². The highest BCUT2D eigenvalue weighted by molar-refractivity contribution is 6.88. The lowest BCUT2D eigenvalue weighted by molar-refractivity contribution is 0.415. The number of rotatable bonds is 4. The van der Waals surface area contributed by atoms with Gasteiger partial charge in [-0.25, -0.2) is 0 Å². The number of methoxy groups -OCH3 is 1. The molecule has 19 heavy (non-hydrogen) atoms. The van der Waals surface area contributed by atoms with E-state index in [-0.39, 0.29) is 0 Å². The second-order valence-corrected chi connectivity index (χ2v) is 10.2. The van der Waals surface area contributed by atoms with Gasteiger partial charge in [0.25, 0.3) is 0 Å². The minimum Gasteiger partial charge on any atom is -0.497 e. The van der Waals surface area contributed by atoms with Crippen molar-refractivity contribution in [1.29, 1.82) is 0 Å². The summed E-state index contributed by atoms with van der Waals surface area (Å²) in [6.45, 7) is 6.70. The van der Waals surface area contributed by atoms with Crippen LogP contribution in [0.1, 0.15) is 5.69 Å². The monoisotopic (exact) mass is 274 g/mol. The number of aromatic nitrogens is 3. The van der Waals surface area contributed by atoms with Gasteiger partial charge in [0.2, 0.25) is 0 Å². The van der Waals surface area contributed by atoms with Crippen molar-refractivity contribution in [3.8, 4) is 5.75 Å². The Morgan fingerprint density at radius 2 is 1.84 bits per heavy atom. The van der Waals surface area contributed by atoms with Crippen LogP contribution in [0.2, 0.25) is 19.6 Å². The van der Waals surface area contributed by atoms with Crippen molar-refractivity contribution >= 4 is 25.3 Å². The van der Waals surface area contributed by atoms with Gasteiger partial charge in [-0.1, -0.05) is 19.6 Å². The smallest absolute Gasteiger partial charge is 0.122 e. The number of nitrogens with zero attached hydrogens (tertiary/aromatic N) is 3. The number of ether oxygens (including phenoxy) is 1. The highest BCUT2D eigenvalue weighted by Gasteiger charge is 2.23. The molecule has 0 radical (unpaired) electrons. The molecular formula is C13H18N4OSi. The molecule has 0 unspecified atom stereocenters. The van der Waals surface area contributed by atoms with Gasteiger partial charge < -0.3 is 4.74 Å². The van der Waals surface area contributed by atoms with Crippen molar-refractivity contribution in [1.82, 2.24) is 15.4 Å². The number of H-pyrrole nitrogens is 1. The summed E-state index contributed by atoms with van der Waals surface area (Å²) in [4.78, 5) is 4.42. The minimum absolute atomic E-state index is 0.822. The van der Waals surface area contributed by atoms with Gasteiger partial charge >= 0.3 is 0 Å². The predicted octanol–water partition coefficient (Wildman–Crippen LogP) is 2.11. The predicted molar refractivity (Wildman–Crippen MR) is 79.6 cm³/mol. The highest BCUT2D eigenvalue weighted by Crippen LogP contribution is 2.17. The summed E-state index contributed by atoms with van der Waals surface area (Å²) in [5, 5.41) is 12.1. The lowest BCUT2D eigenvalue weighted by atomic mass is 10.3. The van der Waals surface area contributed by atoms with Crippen LogP contribution >= 0.6 is 0 Å². The van der Waals surface area contributed by atoms with Crippen LogP contribution in [0.3, 0.4) is 0 Å². The quantitative estimate of drug-likeness (QED) is 0.686. The van der Waals surface area contributed by atoms with Crippen LogP contribution in [0, 0.1) is 0 Å². The molecule has 0 aliphatic carbocycles. The Balaban J connectivity index is 2.20. The van der Waals surface area contributed by atoms with Gasteiger partial charge in [-0.15, -0.1) is 0 Å². The highest BCUT2D eigenvalue weighted by atomic mass is 28.3. The second kappa shape index (κ2) is 5.36. The first-order valence-electron chi connectivity index (χ1n) is 6.10. The molecule has 2 rings (SSSR count). The summed E-state index contributed by atoms with van der Waals surface area (Å²) in [7, 11) is 0.152. The van der Waals surface area contributed by atoms with Crippen molar-refractivity contribution in [2.75, 3.05) is 7.11 Å². The first kappa shape index (κ1) is 13.5. The fraction of sp³-hybridized carbons (Fsp3) is 0.308. The summed E-state index contributed by atoms with van der Waals surface area (Å²) < 4.78 is 5.11. The fourth-order valence-electron chi connectivity index (χ4n) is 1.68. The van der Waals surface area contributed by atoms with E-state index in [1.54, 1.807) is 13.3 Å². The fourth-order valence-corrected chi connectivity index (χ4v) is 2.96.